The van der Waals surface area contributed by atoms with Crippen molar-refractivity contribution in [3.05, 3.63) is 78.3 Å². The van der Waals surface area contributed by atoms with E-state index in [1.165, 1.54) is 5.39 Å². The molecule has 0 spiro atoms. The van der Waals surface area contributed by atoms with E-state index in [-0.39, 0.29) is 5.91 Å². The van der Waals surface area contributed by atoms with E-state index in [0.717, 1.165) is 29.6 Å². The van der Waals surface area contributed by atoms with Gasteiger partial charge in [0.05, 0.1) is 12.8 Å². The van der Waals surface area contributed by atoms with E-state index in [1.54, 1.807) is 12.3 Å². The highest BCUT2D eigenvalue weighted by Gasteiger charge is 2.32. The maximum atomic E-state index is 12.7. The highest BCUT2D eigenvalue weighted by atomic mass is 16.3. The van der Waals surface area contributed by atoms with Crippen LogP contribution < -0.4 is 0 Å². The van der Waals surface area contributed by atoms with E-state index < -0.39 is 0 Å². The molecule has 0 bridgehead atoms. The van der Waals surface area contributed by atoms with Gasteiger partial charge in [0.25, 0.3) is 0 Å². The highest BCUT2D eigenvalue weighted by Crippen LogP contribution is 2.29. The first kappa shape index (κ1) is 14.8. The number of hydrogen-bond donors (Lipinski definition) is 0. The monoisotopic (exact) mass is 317 g/mol. The molecule has 3 nitrogen and oxygen atoms in total. The number of fused-ring (bicyclic) bond motifs is 1. The minimum atomic E-state index is 0.0434. The Bertz CT molecular complexity index is 871. The molecule has 0 aliphatic heterocycles. The van der Waals surface area contributed by atoms with Crippen LogP contribution in [0.1, 0.15) is 24.2 Å². The van der Waals surface area contributed by atoms with Crippen LogP contribution in [0, 0.1) is 0 Å². The van der Waals surface area contributed by atoms with Gasteiger partial charge in [-0.25, -0.2) is 0 Å². The van der Waals surface area contributed by atoms with Gasteiger partial charge < -0.3 is 9.32 Å². The van der Waals surface area contributed by atoms with Crippen LogP contribution in [0.3, 0.4) is 0 Å². The summed E-state index contributed by atoms with van der Waals surface area (Å²) in [5, 5.41) is 2.34. The molecule has 120 valence electrons. The summed E-state index contributed by atoms with van der Waals surface area (Å²) in [5.41, 5.74) is 1.06. The molecule has 1 aromatic heterocycles. The quantitative estimate of drug-likeness (QED) is 0.642. The van der Waals surface area contributed by atoms with Gasteiger partial charge in [-0.2, -0.15) is 0 Å². The Balaban J connectivity index is 1.56. The third-order valence-electron chi connectivity index (χ3n) is 4.41. The Morgan fingerprint density at radius 2 is 1.92 bits per heavy atom. The number of carbonyl (C=O) groups is 1. The molecule has 3 aromatic rings. The highest BCUT2D eigenvalue weighted by molar-refractivity contribution is 5.96. The van der Waals surface area contributed by atoms with Crippen molar-refractivity contribution in [1.82, 2.24) is 4.90 Å². The van der Waals surface area contributed by atoms with Crippen LogP contribution in [0.25, 0.3) is 16.8 Å². The van der Waals surface area contributed by atoms with Gasteiger partial charge in [-0.3, -0.25) is 4.79 Å². The Morgan fingerprint density at radius 3 is 2.71 bits per heavy atom. The Labute approximate surface area is 141 Å². The van der Waals surface area contributed by atoms with Crippen molar-refractivity contribution in [2.24, 2.45) is 0 Å². The molecule has 3 heteroatoms. The average molecular weight is 317 g/mol. The zero-order valence-electron chi connectivity index (χ0n) is 13.4. The zero-order chi connectivity index (χ0) is 16.4. The molecule has 1 aliphatic carbocycles. The van der Waals surface area contributed by atoms with E-state index in [9.17, 15) is 4.79 Å². The van der Waals surface area contributed by atoms with Gasteiger partial charge in [0.2, 0.25) is 5.91 Å². The molecule has 1 fully saturated rings. The smallest absolute Gasteiger partial charge is 0.247 e. The van der Waals surface area contributed by atoms with Crippen LogP contribution in [0.4, 0.5) is 0 Å². The summed E-state index contributed by atoms with van der Waals surface area (Å²) < 4.78 is 5.39. The van der Waals surface area contributed by atoms with Crippen LogP contribution in [0.5, 0.6) is 0 Å². The fraction of sp³-hybridized carbons (Fsp3) is 0.190. The second-order valence-corrected chi connectivity index (χ2v) is 6.18. The standard InChI is InChI=1S/C21H19NO2/c23-21(22(18-11-12-18)15-19-8-4-14-24-19)13-10-17-7-3-6-16-5-1-2-9-20(16)17/h1-10,13-14,18H,11-12,15H2/b13-10+. The second-order valence-electron chi connectivity index (χ2n) is 6.18. The number of carbonyl (C=O) groups excluding carboxylic acids is 1. The maximum Gasteiger partial charge on any atom is 0.247 e. The summed E-state index contributed by atoms with van der Waals surface area (Å²) in [6.07, 6.45) is 7.41. The second kappa shape index (κ2) is 6.36. The number of rotatable bonds is 5. The molecule has 1 saturated carbocycles. The van der Waals surface area contributed by atoms with Crippen LogP contribution in [-0.4, -0.2) is 16.8 Å². The van der Waals surface area contributed by atoms with Gasteiger partial charge >= 0.3 is 0 Å². The van der Waals surface area contributed by atoms with Crippen molar-refractivity contribution in [3.63, 3.8) is 0 Å². The lowest BCUT2D eigenvalue weighted by molar-refractivity contribution is -0.127. The molecule has 0 atom stereocenters. The largest absolute Gasteiger partial charge is 0.467 e. The van der Waals surface area contributed by atoms with Gasteiger partial charge in [-0.1, -0.05) is 42.5 Å². The molecular weight excluding hydrogens is 298 g/mol. The lowest BCUT2D eigenvalue weighted by Gasteiger charge is -2.19. The predicted molar refractivity (Wildman–Crippen MR) is 95.3 cm³/mol. The first-order valence-electron chi connectivity index (χ1n) is 8.30. The number of benzene rings is 2. The molecule has 0 radical (unpaired) electrons. The van der Waals surface area contributed by atoms with E-state index in [1.807, 2.05) is 47.4 Å². The summed E-state index contributed by atoms with van der Waals surface area (Å²) in [4.78, 5) is 14.6. The van der Waals surface area contributed by atoms with E-state index in [4.69, 9.17) is 4.42 Å². The van der Waals surface area contributed by atoms with Crippen molar-refractivity contribution >= 4 is 22.8 Å². The SMILES string of the molecule is O=C(/C=C/c1cccc2ccccc12)N(Cc1ccco1)C1CC1. The van der Waals surface area contributed by atoms with Gasteiger partial charge in [0.15, 0.2) is 0 Å². The van der Waals surface area contributed by atoms with Crippen molar-refractivity contribution < 1.29 is 9.21 Å². The fourth-order valence-corrected chi connectivity index (χ4v) is 3.00. The lowest BCUT2D eigenvalue weighted by atomic mass is 10.0. The molecule has 1 aliphatic rings. The Kier molecular flexibility index (Phi) is 3.91. The van der Waals surface area contributed by atoms with Gasteiger partial charge in [-0.15, -0.1) is 0 Å². The number of furan rings is 1. The zero-order valence-corrected chi connectivity index (χ0v) is 13.4. The molecular formula is C21H19NO2. The first-order chi connectivity index (χ1) is 11.8. The van der Waals surface area contributed by atoms with Crippen molar-refractivity contribution in [2.45, 2.75) is 25.4 Å². The molecule has 0 unspecified atom stereocenters. The molecule has 1 amide bonds. The summed E-state index contributed by atoms with van der Waals surface area (Å²) in [6.45, 7) is 0.538. The normalized spacial score (nSPS) is 14.3. The third kappa shape index (κ3) is 3.11. The minimum Gasteiger partial charge on any atom is -0.467 e. The van der Waals surface area contributed by atoms with Crippen LogP contribution in [0.15, 0.2) is 71.4 Å². The minimum absolute atomic E-state index is 0.0434. The molecule has 1 heterocycles. The molecule has 2 aromatic carbocycles. The number of amides is 1. The maximum absolute atomic E-state index is 12.7. The van der Waals surface area contributed by atoms with Crippen LogP contribution in [-0.2, 0) is 11.3 Å². The summed E-state index contributed by atoms with van der Waals surface area (Å²) in [5.74, 6) is 0.871. The van der Waals surface area contributed by atoms with E-state index in [2.05, 4.69) is 18.2 Å². The number of hydrogen-bond acceptors (Lipinski definition) is 2. The van der Waals surface area contributed by atoms with Crippen LogP contribution >= 0.6 is 0 Å². The third-order valence-corrected chi connectivity index (χ3v) is 4.41. The van der Waals surface area contributed by atoms with Crippen LogP contribution in [0.2, 0.25) is 0 Å². The molecule has 4 rings (SSSR count). The summed E-state index contributed by atoms with van der Waals surface area (Å²) >= 11 is 0. The molecule has 24 heavy (non-hydrogen) atoms. The predicted octanol–water partition coefficient (Wildman–Crippen LogP) is 4.64. The Hall–Kier alpha value is -2.81. The first-order valence-corrected chi connectivity index (χ1v) is 8.30. The average Bonchev–Trinajstić information content (AvgIpc) is 3.33. The summed E-state index contributed by atoms with van der Waals surface area (Å²) in [7, 11) is 0. The lowest BCUT2D eigenvalue weighted by Crippen LogP contribution is -2.30. The van der Waals surface area contributed by atoms with Crippen molar-refractivity contribution in [2.75, 3.05) is 0 Å². The fourth-order valence-electron chi connectivity index (χ4n) is 3.00. The molecule has 0 saturated heterocycles. The number of nitrogens with zero attached hydrogens (tertiary/aromatic N) is 1. The van der Waals surface area contributed by atoms with E-state index >= 15 is 0 Å². The van der Waals surface area contributed by atoms with Gasteiger partial charge in [0, 0.05) is 12.1 Å². The Morgan fingerprint density at radius 1 is 1.08 bits per heavy atom. The van der Waals surface area contributed by atoms with Gasteiger partial charge in [0.1, 0.15) is 5.76 Å². The topological polar surface area (TPSA) is 33.5 Å². The van der Waals surface area contributed by atoms with Crippen molar-refractivity contribution in [3.8, 4) is 0 Å². The van der Waals surface area contributed by atoms with Crippen molar-refractivity contribution in [1.29, 1.82) is 0 Å². The van der Waals surface area contributed by atoms with E-state index in [0.29, 0.717) is 12.6 Å². The van der Waals surface area contributed by atoms with Gasteiger partial charge in [-0.05, 0) is 47.4 Å². The molecule has 0 N–H and O–H groups in total. The summed E-state index contributed by atoms with van der Waals surface area (Å²) in [6, 6.07) is 18.5.